The molecule has 2 N–H and O–H groups in total. The number of esters is 1. The van der Waals surface area contributed by atoms with Crippen molar-refractivity contribution in [3.63, 3.8) is 0 Å². The second-order valence-corrected chi connectivity index (χ2v) is 7.73. The highest BCUT2D eigenvalue weighted by atomic mass is 19.1. The van der Waals surface area contributed by atoms with Crippen molar-refractivity contribution in [3.8, 4) is 11.5 Å². The van der Waals surface area contributed by atoms with Gasteiger partial charge in [-0.15, -0.1) is 0 Å². The number of aliphatic carboxylic acids is 1. The maximum absolute atomic E-state index is 14.7. The fourth-order valence-corrected chi connectivity index (χ4v) is 2.78. The van der Waals surface area contributed by atoms with Crippen molar-refractivity contribution in [2.75, 3.05) is 0 Å². The summed E-state index contributed by atoms with van der Waals surface area (Å²) in [6.45, 7) is 7.58. The van der Waals surface area contributed by atoms with Crippen molar-refractivity contribution in [2.24, 2.45) is 5.41 Å². The fraction of sp³-hybridized carbons (Fsp3) is 0.500. The smallest absolute Gasteiger partial charge is 0.441 e. The predicted molar refractivity (Wildman–Crippen MR) is 90.8 cm³/mol. The number of carbonyl (C=O) groups is 3. The van der Waals surface area contributed by atoms with E-state index in [-0.39, 0.29) is 5.56 Å². The molecule has 0 saturated heterocycles. The van der Waals surface area contributed by atoms with Crippen LogP contribution in [-0.4, -0.2) is 28.7 Å². The maximum atomic E-state index is 14.7. The number of carboxylic acid groups (broad SMARTS) is 1. The monoisotopic (exact) mass is 401 g/mol. The number of carboxylic acids is 1. The van der Waals surface area contributed by atoms with E-state index in [9.17, 15) is 23.2 Å². The summed E-state index contributed by atoms with van der Waals surface area (Å²) in [7, 11) is 0. The Morgan fingerprint density at radius 1 is 1.36 bits per heavy atom. The van der Waals surface area contributed by atoms with Gasteiger partial charge in [0.1, 0.15) is 5.60 Å². The van der Waals surface area contributed by atoms with E-state index < -0.39 is 64.5 Å². The van der Waals surface area contributed by atoms with Crippen molar-refractivity contribution in [1.29, 1.82) is 0 Å². The van der Waals surface area contributed by atoms with Gasteiger partial charge in [-0.05, 0) is 33.8 Å². The molecule has 0 bridgehead atoms. The molecule has 0 aromatic heterocycles. The van der Waals surface area contributed by atoms with Crippen molar-refractivity contribution < 1.29 is 42.6 Å². The zero-order valence-electron chi connectivity index (χ0n) is 16.0. The van der Waals surface area contributed by atoms with Gasteiger partial charge in [0.15, 0.2) is 11.6 Å². The largest absolute Gasteiger partial charge is 0.481 e. The number of hydrogen-bond acceptors (Lipinski definition) is 6. The molecule has 0 aliphatic carbocycles. The van der Waals surface area contributed by atoms with Crippen molar-refractivity contribution >= 4 is 18.0 Å². The second kappa shape index (κ2) is 7.25. The number of fused-ring (bicyclic) bond motifs is 1. The topological polar surface area (TPSA) is 111 Å². The summed E-state index contributed by atoms with van der Waals surface area (Å²) in [6.07, 6.45) is -1.66. The zero-order valence-corrected chi connectivity index (χ0v) is 16.0. The van der Waals surface area contributed by atoms with E-state index in [1.165, 1.54) is 13.8 Å². The Kier molecular flexibility index (Phi) is 5.54. The van der Waals surface area contributed by atoms with Crippen LogP contribution in [0.15, 0.2) is 6.07 Å². The third-order valence-electron chi connectivity index (χ3n) is 4.40. The number of ether oxygens (including phenoxy) is 2. The minimum atomic E-state index is -1.51. The minimum absolute atomic E-state index is 0.0250. The molecule has 1 aromatic rings. The molecular formula is C18H21F2NO7. The van der Waals surface area contributed by atoms with E-state index in [0.717, 1.165) is 6.07 Å². The highest BCUT2D eigenvalue weighted by molar-refractivity contribution is 5.87. The van der Waals surface area contributed by atoms with Crippen LogP contribution >= 0.6 is 0 Å². The molecule has 2 atom stereocenters. The first-order valence-electron chi connectivity index (χ1n) is 8.38. The lowest BCUT2D eigenvalue weighted by molar-refractivity contribution is -0.155. The first-order valence-corrected chi connectivity index (χ1v) is 8.38. The molecule has 1 amide bonds. The minimum Gasteiger partial charge on any atom is -0.481 e. The number of benzene rings is 1. The Balaban J connectivity index is 2.34. The Morgan fingerprint density at radius 2 is 1.96 bits per heavy atom. The molecule has 0 spiro atoms. The molecule has 1 aliphatic heterocycles. The van der Waals surface area contributed by atoms with Crippen molar-refractivity contribution in [2.45, 2.75) is 52.6 Å². The normalized spacial score (nSPS) is 21.4. The summed E-state index contributed by atoms with van der Waals surface area (Å²) in [4.78, 5) is 39.7. The molecule has 0 radical (unpaired) electrons. The lowest BCUT2D eigenvalue weighted by Gasteiger charge is -2.37. The van der Waals surface area contributed by atoms with E-state index in [2.05, 4.69) is 4.84 Å². The summed E-state index contributed by atoms with van der Waals surface area (Å²) in [6, 6.07) is 0.877. The standard InChI is InChI=1S/C18H21F2NO7/c1-8-9-6-10(19)14(28-21-16(25)27-17(2,3)4)12(20)13(9)26-15(24)18(8,5)7-11(22)23/h6,8H,7H2,1-5H3,(H,21,25)(H,22,23). The Morgan fingerprint density at radius 3 is 2.50 bits per heavy atom. The summed E-state index contributed by atoms with van der Waals surface area (Å²) in [5.74, 6) is -7.16. The lowest BCUT2D eigenvalue weighted by Crippen LogP contribution is -2.42. The van der Waals surface area contributed by atoms with Gasteiger partial charge >= 0.3 is 18.0 Å². The molecule has 1 aromatic carbocycles. The van der Waals surface area contributed by atoms with E-state index in [4.69, 9.17) is 14.6 Å². The summed E-state index contributed by atoms with van der Waals surface area (Å²) in [5.41, 5.74) is -0.642. The number of hydroxylamine groups is 1. The van der Waals surface area contributed by atoms with E-state index in [0.29, 0.717) is 0 Å². The van der Waals surface area contributed by atoms with Crippen LogP contribution in [0.2, 0.25) is 0 Å². The highest BCUT2D eigenvalue weighted by Crippen LogP contribution is 2.50. The summed E-state index contributed by atoms with van der Waals surface area (Å²) < 4.78 is 39.0. The fourth-order valence-electron chi connectivity index (χ4n) is 2.78. The summed E-state index contributed by atoms with van der Waals surface area (Å²) in [5, 5.41) is 9.04. The van der Waals surface area contributed by atoms with Crippen LogP contribution in [0, 0.1) is 17.0 Å². The Labute approximate surface area is 159 Å². The third-order valence-corrected chi connectivity index (χ3v) is 4.40. The molecule has 1 aliphatic rings. The maximum Gasteiger partial charge on any atom is 0.441 e. The van der Waals surface area contributed by atoms with E-state index in [1.54, 1.807) is 26.3 Å². The van der Waals surface area contributed by atoms with Crippen LogP contribution in [0.25, 0.3) is 0 Å². The SMILES string of the molecule is CC1c2cc(F)c(ONC(=O)OC(C)(C)C)c(F)c2OC(=O)C1(C)CC(=O)O. The van der Waals surface area contributed by atoms with Gasteiger partial charge in [0.25, 0.3) is 0 Å². The van der Waals surface area contributed by atoms with Gasteiger partial charge in [-0.2, -0.15) is 9.87 Å². The molecule has 8 nitrogen and oxygen atoms in total. The first kappa shape index (κ1) is 21.4. The van der Waals surface area contributed by atoms with Gasteiger partial charge < -0.3 is 19.4 Å². The van der Waals surface area contributed by atoms with Gasteiger partial charge in [-0.3, -0.25) is 9.59 Å². The van der Waals surface area contributed by atoms with Crippen LogP contribution in [0.3, 0.4) is 0 Å². The van der Waals surface area contributed by atoms with Gasteiger partial charge in [0.05, 0.1) is 11.8 Å². The molecule has 28 heavy (non-hydrogen) atoms. The van der Waals surface area contributed by atoms with Crippen LogP contribution in [0.1, 0.15) is 52.5 Å². The summed E-state index contributed by atoms with van der Waals surface area (Å²) >= 11 is 0. The highest BCUT2D eigenvalue weighted by Gasteiger charge is 2.49. The average molecular weight is 401 g/mol. The second-order valence-electron chi connectivity index (χ2n) is 7.73. The third kappa shape index (κ3) is 4.15. The molecule has 2 rings (SSSR count). The van der Waals surface area contributed by atoms with E-state index >= 15 is 0 Å². The van der Waals surface area contributed by atoms with Gasteiger partial charge in [-0.1, -0.05) is 6.92 Å². The van der Waals surface area contributed by atoms with Crippen LogP contribution in [0.4, 0.5) is 13.6 Å². The van der Waals surface area contributed by atoms with Crippen LogP contribution in [0.5, 0.6) is 11.5 Å². The molecule has 1 heterocycles. The van der Waals surface area contributed by atoms with Crippen molar-refractivity contribution in [1.82, 2.24) is 5.48 Å². The molecule has 0 saturated carbocycles. The predicted octanol–water partition coefficient (Wildman–Crippen LogP) is 3.29. The molecular weight excluding hydrogens is 380 g/mol. The number of halogens is 2. The van der Waals surface area contributed by atoms with Crippen LogP contribution in [-0.2, 0) is 14.3 Å². The number of rotatable bonds is 4. The average Bonchev–Trinajstić information content (AvgIpc) is 2.52. The quantitative estimate of drug-likeness (QED) is 0.452. The van der Waals surface area contributed by atoms with Crippen LogP contribution < -0.4 is 15.1 Å². The molecule has 0 fully saturated rings. The molecule has 10 heteroatoms. The number of nitrogens with one attached hydrogen (secondary N) is 1. The van der Waals surface area contributed by atoms with Gasteiger partial charge in [0.2, 0.25) is 11.6 Å². The zero-order chi connectivity index (χ0) is 21.4. The molecule has 2 unspecified atom stereocenters. The van der Waals surface area contributed by atoms with Crippen molar-refractivity contribution in [3.05, 3.63) is 23.3 Å². The Bertz CT molecular complexity index is 834. The molecule has 154 valence electrons. The van der Waals surface area contributed by atoms with Gasteiger partial charge in [-0.25, -0.2) is 9.18 Å². The first-order chi connectivity index (χ1) is 12.8. The van der Waals surface area contributed by atoms with E-state index in [1.807, 2.05) is 0 Å². The lowest BCUT2D eigenvalue weighted by atomic mass is 9.70. The number of carbonyl (C=O) groups excluding carboxylic acids is 2. The number of hydrogen-bond donors (Lipinski definition) is 2. The Hall–Kier alpha value is -2.91. The number of amides is 1. The van der Waals surface area contributed by atoms with Gasteiger partial charge in [0, 0.05) is 11.5 Å².